The zero-order valence-corrected chi connectivity index (χ0v) is 11.7. The summed E-state index contributed by atoms with van der Waals surface area (Å²) in [6.45, 7) is 4.17. The van der Waals surface area contributed by atoms with Gasteiger partial charge in [0, 0.05) is 36.3 Å². The highest BCUT2D eigenvalue weighted by molar-refractivity contribution is 5.23. The molecular weight excluding hydrogens is 260 g/mol. The second-order valence-electron chi connectivity index (χ2n) is 5.02. The van der Waals surface area contributed by atoms with Crippen LogP contribution in [-0.4, -0.2) is 9.78 Å². The first-order valence-electron chi connectivity index (χ1n) is 6.75. The summed E-state index contributed by atoms with van der Waals surface area (Å²) in [4.78, 5) is 0. The second-order valence-corrected chi connectivity index (χ2v) is 5.02. The van der Waals surface area contributed by atoms with Crippen molar-refractivity contribution in [3.63, 3.8) is 0 Å². The van der Waals surface area contributed by atoms with Gasteiger partial charge in [-0.3, -0.25) is 4.68 Å². The molecule has 0 fully saturated rings. The summed E-state index contributed by atoms with van der Waals surface area (Å²) in [5, 5.41) is 4.43. The summed E-state index contributed by atoms with van der Waals surface area (Å²) >= 11 is 0. The monoisotopic (exact) mass is 279 g/mol. The summed E-state index contributed by atoms with van der Waals surface area (Å²) in [7, 11) is 0. The van der Waals surface area contributed by atoms with Gasteiger partial charge in [-0.2, -0.15) is 5.10 Å². The Morgan fingerprint density at radius 3 is 2.70 bits per heavy atom. The largest absolute Gasteiger partial charge is 0.324 e. The van der Waals surface area contributed by atoms with Crippen molar-refractivity contribution in [1.29, 1.82) is 0 Å². The fourth-order valence-electron chi connectivity index (χ4n) is 2.06. The van der Waals surface area contributed by atoms with Crippen molar-refractivity contribution in [2.45, 2.75) is 38.8 Å². The van der Waals surface area contributed by atoms with Crippen LogP contribution >= 0.6 is 0 Å². The van der Waals surface area contributed by atoms with Gasteiger partial charge < -0.3 is 5.73 Å². The molecule has 20 heavy (non-hydrogen) atoms. The van der Waals surface area contributed by atoms with E-state index < -0.39 is 17.7 Å². The molecule has 0 aliphatic heterocycles. The minimum Gasteiger partial charge on any atom is -0.324 e. The third-order valence-corrected chi connectivity index (χ3v) is 3.50. The lowest BCUT2D eigenvalue weighted by Crippen LogP contribution is -2.16. The van der Waals surface area contributed by atoms with Crippen LogP contribution in [0, 0.1) is 11.6 Å². The van der Waals surface area contributed by atoms with Gasteiger partial charge >= 0.3 is 0 Å². The van der Waals surface area contributed by atoms with Crippen LogP contribution in [0.2, 0.25) is 0 Å². The van der Waals surface area contributed by atoms with Gasteiger partial charge in [-0.1, -0.05) is 13.0 Å². The fraction of sp³-hybridized carbons (Fsp3) is 0.400. The first-order chi connectivity index (χ1) is 9.51. The molecule has 0 aliphatic rings. The normalized spacial score (nSPS) is 14.2. The van der Waals surface area contributed by atoms with Gasteiger partial charge in [-0.25, -0.2) is 8.78 Å². The highest BCUT2D eigenvalue weighted by Crippen LogP contribution is 2.20. The second kappa shape index (κ2) is 6.13. The van der Waals surface area contributed by atoms with Gasteiger partial charge in [-0.05, 0) is 25.5 Å². The Bertz CT molecular complexity index is 580. The van der Waals surface area contributed by atoms with Gasteiger partial charge in [-0.15, -0.1) is 0 Å². The highest BCUT2D eigenvalue weighted by Gasteiger charge is 2.14. The summed E-state index contributed by atoms with van der Waals surface area (Å²) in [5.74, 6) is -1.21. The zero-order valence-electron chi connectivity index (χ0n) is 11.7. The number of benzene rings is 1. The van der Waals surface area contributed by atoms with E-state index in [-0.39, 0.29) is 0 Å². The third-order valence-electron chi connectivity index (χ3n) is 3.50. The molecule has 2 rings (SSSR count). The molecule has 0 spiro atoms. The molecular formula is C15H19F2N3. The molecule has 0 radical (unpaired) electrons. The maximum Gasteiger partial charge on any atom is 0.130 e. The van der Waals surface area contributed by atoms with Crippen molar-refractivity contribution in [3.8, 4) is 0 Å². The molecule has 3 nitrogen and oxygen atoms in total. The molecule has 0 amide bonds. The molecule has 1 heterocycles. The van der Waals surface area contributed by atoms with Crippen LogP contribution in [0.3, 0.4) is 0 Å². The van der Waals surface area contributed by atoms with Crippen molar-refractivity contribution < 1.29 is 8.78 Å². The molecule has 2 atom stereocenters. The topological polar surface area (TPSA) is 43.8 Å². The number of rotatable bonds is 5. The van der Waals surface area contributed by atoms with E-state index in [1.807, 2.05) is 16.9 Å². The quantitative estimate of drug-likeness (QED) is 0.912. The lowest BCUT2D eigenvalue weighted by molar-refractivity contribution is 0.471. The van der Waals surface area contributed by atoms with Crippen molar-refractivity contribution in [2.24, 2.45) is 5.73 Å². The van der Waals surface area contributed by atoms with Crippen molar-refractivity contribution in [3.05, 3.63) is 53.4 Å². The van der Waals surface area contributed by atoms with Crippen LogP contribution in [0.25, 0.3) is 0 Å². The van der Waals surface area contributed by atoms with E-state index in [1.165, 1.54) is 12.1 Å². The van der Waals surface area contributed by atoms with E-state index in [2.05, 4.69) is 18.9 Å². The molecule has 0 saturated heterocycles. The van der Waals surface area contributed by atoms with Gasteiger partial charge in [0.25, 0.3) is 0 Å². The minimum atomic E-state index is -0.612. The van der Waals surface area contributed by atoms with Crippen LogP contribution in [0.4, 0.5) is 8.78 Å². The average molecular weight is 279 g/mol. The van der Waals surface area contributed by atoms with Crippen LogP contribution in [-0.2, 0) is 6.42 Å². The average Bonchev–Trinajstić information content (AvgIpc) is 2.86. The van der Waals surface area contributed by atoms with E-state index >= 15 is 0 Å². The smallest absolute Gasteiger partial charge is 0.130 e. The van der Waals surface area contributed by atoms with Gasteiger partial charge in [0.1, 0.15) is 11.6 Å². The number of aromatic nitrogens is 2. The molecule has 108 valence electrons. The predicted octanol–water partition coefficient (Wildman–Crippen LogP) is 3.37. The Balaban J connectivity index is 2.11. The molecule has 2 aromatic rings. The molecule has 0 aliphatic carbocycles. The Kier molecular flexibility index (Phi) is 4.49. The first kappa shape index (κ1) is 14.7. The van der Waals surface area contributed by atoms with Crippen LogP contribution in [0.5, 0.6) is 0 Å². The number of halogens is 2. The zero-order chi connectivity index (χ0) is 14.7. The van der Waals surface area contributed by atoms with E-state index in [9.17, 15) is 8.78 Å². The molecule has 1 aromatic carbocycles. The SMILES string of the molecule is CCC(C)n1ccc(CC(N)c2ccc(F)cc2F)n1. The van der Waals surface area contributed by atoms with Gasteiger partial charge in [0.15, 0.2) is 0 Å². The number of hydrogen-bond acceptors (Lipinski definition) is 2. The van der Waals surface area contributed by atoms with Crippen LogP contribution in [0.15, 0.2) is 30.5 Å². The lowest BCUT2D eigenvalue weighted by atomic mass is 10.0. The summed E-state index contributed by atoms with van der Waals surface area (Å²) in [5.41, 5.74) is 7.10. The predicted molar refractivity (Wildman–Crippen MR) is 74.2 cm³/mol. The Morgan fingerprint density at radius 2 is 2.05 bits per heavy atom. The lowest BCUT2D eigenvalue weighted by Gasteiger charge is -2.12. The molecule has 1 aromatic heterocycles. The van der Waals surface area contributed by atoms with Crippen molar-refractivity contribution in [1.82, 2.24) is 9.78 Å². The van der Waals surface area contributed by atoms with E-state index in [1.54, 1.807) is 0 Å². The minimum absolute atomic E-state index is 0.310. The molecule has 5 heteroatoms. The molecule has 0 bridgehead atoms. The fourth-order valence-corrected chi connectivity index (χ4v) is 2.06. The van der Waals surface area contributed by atoms with Crippen LogP contribution in [0.1, 0.15) is 43.6 Å². The Morgan fingerprint density at radius 1 is 1.30 bits per heavy atom. The van der Waals surface area contributed by atoms with E-state index in [0.29, 0.717) is 18.0 Å². The Hall–Kier alpha value is -1.75. The number of nitrogens with two attached hydrogens (primary N) is 1. The summed E-state index contributed by atoms with van der Waals surface area (Å²) in [6.07, 6.45) is 3.31. The molecule has 2 N–H and O–H groups in total. The number of hydrogen-bond donors (Lipinski definition) is 1. The summed E-state index contributed by atoms with van der Waals surface area (Å²) in [6, 6.07) is 5.13. The van der Waals surface area contributed by atoms with Crippen molar-refractivity contribution >= 4 is 0 Å². The maximum absolute atomic E-state index is 13.6. The van der Waals surface area contributed by atoms with Gasteiger partial charge in [0.2, 0.25) is 0 Å². The third kappa shape index (κ3) is 3.22. The van der Waals surface area contributed by atoms with Gasteiger partial charge in [0.05, 0.1) is 5.69 Å². The van der Waals surface area contributed by atoms with E-state index in [0.717, 1.165) is 18.2 Å². The first-order valence-corrected chi connectivity index (χ1v) is 6.75. The highest BCUT2D eigenvalue weighted by atomic mass is 19.1. The summed E-state index contributed by atoms with van der Waals surface area (Å²) < 4.78 is 28.4. The molecule has 0 saturated carbocycles. The van der Waals surface area contributed by atoms with Crippen molar-refractivity contribution in [2.75, 3.05) is 0 Å². The Labute approximate surface area is 117 Å². The maximum atomic E-state index is 13.6. The number of nitrogens with zero attached hydrogens (tertiary/aromatic N) is 2. The molecule has 2 unspecified atom stereocenters. The van der Waals surface area contributed by atoms with E-state index in [4.69, 9.17) is 5.73 Å². The van der Waals surface area contributed by atoms with Crippen LogP contribution < -0.4 is 5.73 Å². The standard InChI is InChI=1S/C15H19F2N3/c1-3-10(2)20-7-6-12(19-20)9-15(18)13-5-4-11(16)8-14(13)17/h4-8,10,15H,3,9,18H2,1-2H3.